The van der Waals surface area contributed by atoms with Crippen LogP contribution in [0.5, 0.6) is 5.75 Å². The smallest absolute Gasteiger partial charge is 0.419 e. The highest BCUT2D eigenvalue weighted by atomic mass is 19.4. The second kappa shape index (κ2) is 6.57. The molecular weight excluding hydrogens is 387 g/mol. The van der Waals surface area contributed by atoms with E-state index in [2.05, 4.69) is 19.9 Å². The Kier molecular flexibility index (Phi) is 4.29. The van der Waals surface area contributed by atoms with Crippen LogP contribution in [-0.4, -0.2) is 31.4 Å². The van der Waals surface area contributed by atoms with E-state index in [-0.39, 0.29) is 23.1 Å². The van der Waals surface area contributed by atoms with Gasteiger partial charge >= 0.3 is 6.18 Å². The van der Waals surface area contributed by atoms with Crippen LogP contribution in [0, 0.1) is 13.8 Å². The Hall–Kier alpha value is -3.43. The number of fused-ring (bicyclic) bond motifs is 2. The zero-order chi connectivity index (χ0) is 20.9. The third-order valence-electron chi connectivity index (χ3n) is 4.77. The molecule has 4 rings (SSSR count). The highest BCUT2D eigenvalue weighted by Crippen LogP contribution is 2.37. The fraction of sp³-hybridized carbons (Fsp3) is 0.263. The minimum absolute atomic E-state index is 0.113. The molecule has 0 aliphatic rings. The molecule has 1 N–H and O–H groups in total. The fourth-order valence-corrected chi connectivity index (χ4v) is 3.14. The largest absolute Gasteiger partial charge is 0.496 e. The number of rotatable bonds is 3. The van der Waals surface area contributed by atoms with Crippen LogP contribution < -0.4 is 10.3 Å². The van der Waals surface area contributed by atoms with Gasteiger partial charge in [0.05, 0.1) is 29.3 Å². The molecule has 0 spiro atoms. The zero-order valence-corrected chi connectivity index (χ0v) is 15.8. The standard InChI is InChI=1S/C19H16F3N5O2/c1-9-7-23-18-24-11(8-27(18)10(9)2)4-16-25-14-6-15(29-3)13(19(20,21)22)5-12(14)17(28)26-16/h5-8H,4H2,1-3H3,(H,25,26,28). The summed E-state index contributed by atoms with van der Waals surface area (Å²) in [7, 11) is 1.14. The second-order valence-electron chi connectivity index (χ2n) is 6.69. The van der Waals surface area contributed by atoms with E-state index in [1.165, 1.54) is 0 Å². The van der Waals surface area contributed by atoms with E-state index in [1.807, 2.05) is 18.2 Å². The predicted molar refractivity (Wildman–Crippen MR) is 99.2 cm³/mol. The first-order chi connectivity index (χ1) is 13.7. The Morgan fingerprint density at radius 3 is 2.66 bits per heavy atom. The van der Waals surface area contributed by atoms with E-state index >= 15 is 0 Å². The number of alkyl halides is 3. The van der Waals surface area contributed by atoms with Crippen molar-refractivity contribution in [3.63, 3.8) is 0 Å². The van der Waals surface area contributed by atoms with Gasteiger partial charge in [0, 0.05) is 30.6 Å². The summed E-state index contributed by atoms with van der Waals surface area (Å²) < 4.78 is 46.3. The summed E-state index contributed by atoms with van der Waals surface area (Å²) in [4.78, 5) is 27.9. The van der Waals surface area contributed by atoms with E-state index in [4.69, 9.17) is 4.74 Å². The monoisotopic (exact) mass is 403 g/mol. The SMILES string of the molecule is COc1cc2nc(Cc3cn4c(C)c(C)cnc4n3)[nH]c(=O)c2cc1C(F)(F)F. The number of H-pyrrole nitrogens is 1. The Labute approximate surface area is 162 Å². The lowest BCUT2D eigenvalue weighted by Gasteiger charge is -2.13. The minimum Gasteiger partial charge on any atom is -0.496 e. The molecule has 3 aromatic heterocycles. The lowest BCUT2D eigenvalue weighted by molar-refractivity contribution is -0.138. The van der Waals surface area contributed by atoms with E-state index in [0.29, 0.717) is 11.5 Å². The summed E-state index contributed by atoms with van der Waals surface area (Å²) in [6.07, 6.45) is -0.940. The number of nitrogens with zero attached hydrogens (tertiary/aromatic N) is 4. The average Bonchev–Trinajstić information content (AvgIpc) is 3.06. The van der Waals surface area contributed by atoms with E-state index in [9.17, 15) is 18.0 Å². The third kappa shape index (κ3) is 3.30. The molecule has 1 aromatic carbocycles. The zero-order valence-electron chi connectivity index (χ0n) is 15.8. The maximum absolute atomic E-state index is 13.2. The highest BCUT2D eigenvalue weighted by molar-refractivity contribution is 5.80. The van der Waals surface area contributed by atoms with Crippen LogP contribution in [-0.2, 0) is 12.6 Å². The van der Waals surface area contributed by atoms with Gasteiger partial charge in [0.25, 0.3) is 5.56 Å². The number of aromatic nitrogens is 5. The van der Waals surface area contributed by atoms with Crippen LogP contribution in [0.25, 0.3) is 16.7 Å². The molecule has 4 aromatic rings. The maximum Gasteiger partial charge on any atom is 0.419 e. The van der Waals surface area contributed by atoms with Gasteiger partial charge in [-0.3, -0.25) is 9.20 Å². The average molecular weight is 403 g/mol. The Bertz CT molecular complexity index is 1310. The highest BCUT2D eigenvalue weighted by Gasteiger charge is 2.35. The van der Waals surface area contributed by atoms with Gasteiger partial charge in [-0.2, -0.15) is 13.2 Å². The number of hydrogen-bond donors (Lipinski definition) is 1. The van der Waals surface area contributed by atoms with Crippen LogP contribution in [0.4, 0.5) is 13.2 Å². The van der Waals surface area contributed by atoms with Gasteiger partial charge in [-0.15, -0.1) is 0 Å². The number of aromatic amines is 1. The van der Waals surface area contributed by atoms with Crippen molar-refractivity contribution < 1.29 is 17.9 Å². The van der Waals surface area contributed by atoms with E-state index < -0.39 is 23.0 Å². The summed E-state index contributed by atoms with van der Waals surface area (Å²) in [6, 6.07) is 1.88. The van der Waals surface area contributed by atoms with Gasteiger partial charge in [0.2, 0.25) is 5.78 Å². The number of halogens is 3. The summed E-state index contributed by atoms with van der Waals surface area (Å²) in [6.45, 7) is 3.88. The number of ether oxygens (including phenoxy) is 1. The molecule has 0 radical (unpaired) electrons. The number of imidazole rings is 1. The molecule has 0 atom stereocenters. The Morgan fingerprint density at radius 1 is 1.21 bits per heavy atom. The van der Waals surface area contributed by atoms with Gasteiger partial charge in [-0.1, -0.05) is 0 Å². The lowest BCUT2D eigenvalue weighted by atomic mass is 10.1. The first-order valence-corrected chi connectivity index (χ1v) is 8.65. The van der Waals surface area contributed by atoms with Crippen LogP contribution in [0.15, 0.2) is 29.3 Å². The molecule has 0 saturated heterocycles. The number of nitrogens with one attached hydrogen (secondary N) is 1. The third-order valence-corrected chi connectivity index (χ3v) is 4.77. The number of methoxy groups -OCH3 is 1. The van der Waals surface area contributed by atoms with E-state index in [0.717, 1.165) is 30.5 Å². The van der Waals surface area contributed by atoms with Crippen molar-refractivity contribution in [1.82, 2.24) is 24.3 Å². The van der Waals surface area contributed by atoms with Crippen molar-refractivity contribution in [3.05, 3.63) is 63.2 Å². The summed E-state index contributed by atoms with van der Waals surface area (Å²) in [5, 5.41) is -0.162. The molecule has 3 heterocycles. The molecule has 150 valence electrons. The van der Waals surface area contributed by atoms with Crippen LogP contribution in [0.1, 0.15) is 28.3 Å². The minimum atomic E-state index is -4.65. The van der Waals surface area contributed by atoms with Crippen molar-refractivity contribution in [2.24, 2.45) is 0 Å². The number of hydrogen-bond acceptors (Lipinski definition) is 5. The normalized spacial score (nSPS) is 12.1. The Morgan fingerprint density at radius 2 is 1.97 bits per heavy atom. The first-order valence-electron chi connectivity index (χ1n) is 8.65. The first kappa shape index (κ1) is 18.9. The van der Waals surface area contributed by atoms with Crippen molar-refractivity contribution in [3.8, 4) is 5.75 Å². The molecule has 0 unspecified atom stereocenters. The van der Waals surface area contributed by atoms with Crippen LogP contribution >= 0.6 is 0 Å². The molecule has 0 amide bonds. The quantitative estimate of drug-likeness (QED) is 0.568. The van der Waals surface area contributed by atoms with Gasteiger partial charge in [-0.05, 0) is 25.5 Å². The maximum atomic E-state index is 13.2. The Balaban J connectivity index is 1.79. The van der Waals surface area contributed by atoms with Crippen molar-refractivity contribution in [1.29, 1.82) is 0 Å². The summed E-state index contributed by atoms with van der Waals surface area (Å²) >= 11 is 0. The van der Waals surface area contributed by atoms with Gasteiger partial charge in [0.15, 0.2) is 0 Å². The summed E-state index contributed by atoms with van der Waals surface area (Å²) in [5.74, 6) is 0.405. The molecule has 0 aliphatic carbocycles. The lowest BCUT2D eigenvalue weighted by Crippen LogP contribution is -2.15. The molecule has 29 heavy (non-hydrogen) atoms. The number of aryl methyl sites for hydroxylation is 2. The molecule has 10 heteroatoms. The fourth-order valence-electron chi connectivity index (χ4n) is 3.14. The molecule has 0 aliphatic heterocycles. The van der Waals surface area contributed by atoms with Gasteiger partial charge < -0.3 is 9.72 Å². The van der Waals surface area contributed by atoms with Crippen LogP contribution in [0.2, 0.25) is 0 Å². The van der Waals surface area contributed by atoms with Crippen molar-refractivity contribution in [2.75, 3.05) is 7.11 Å². The topological polar surface area (TPSA) is 85.2 Å². The molecule has 7 nitrogen and oxygen atoms in total. The predicted octanol–water partition coefficient (Wildman–Crippen LogP) is 3.20. The molecular formula is C19H16F3N5O2. The molecule has 0 saturated carbocycles. The molecule has 0 fully saturated rings. The van der Waals surface area contributed by atoms with Gasteiger partial charge in [0.1, 0.15) is 11.6 Å². The van der Waals surface area contributed by atoms with E-state index in [1.54, 1.807) is 12.4 Å². The van der Waals surface area contributed by atoms with Crippen molar-refractivity contribution in [2.45, 2.75) is 26.4 Å². The summed E-state index contributed by atoms with van der Waals surface area (Å²) in [5.41, 5.74) is 1.04. The second-order valence-corrected chi connectivity index (χ2v) is 6.69. The van der Waals surface area contributed by atoms with Crippen LogP contribution in [0.3, 0.4) is 0 Å². The van der Waals surface area contributed by atoms with Gasteiger partial charge in [-0.25, -0.2) is 15.0 Å². The van der Waals surface area contributed by atoms with Crippen molar-refractivity contribution >= 4 is 16.7 Å². The molecule has 0 bridgehead atoms. The number of benzene rings is 1.